The molecule has 25 heavy (non-hydrogen) atoms. The first kappa shape index (κ1) is 18.7. The fraction of sp³-hybridized carbons (Fsp3) is 0.450. The highest BCUT2D eigenvalue weighted by Crippen LogP contribution is 2.32. The minimum atomic E-state index is -0.765. The van der Waals surface area contributed by atoms with Crippen LogP contribution < -0.4 is 0 Å². The minimum absolute atomic E-state index is 0.346. The van der Waals surface area contributed by atoms with Crippen LogP contribution in [-0.4, -0.2) is 36.0 Å². The topological polar surface area (TPSA) is 70.4 Å². The first-order valence-corrected chi connectivity index (χ1v) is 8.57. The third-order valence-corrected chi connectivity index (χ3v) is 4.83. The molecule has 5 heteroatoms. The summed E-state index contributed by atoms with van der Waals surface area (Å²) in [7, 11) is 1.62. The molecule has 0 unspecified atom stereocenters. The molecule has 1 aliphatic rings. The second-order valence-electron chi connectivity index (χ2n) is 6.45. The number of nitriles is 1. The van der Waals surface area contributed by atoms with E-state index < -0.39 is 11.5 Å². The number of likely N-dealkylation sites (N-methyl/N-ethyl adjacent to an activating group) is 1. The van der Waals surface area contributed by atoms with E-state index in [-0.39, 0.29) is 12.5 Å². The lowest BCUT2D eigenvalue weighted by molar-refractivity contribution is -0.150. The lowest BCUT2D eigenvalue weighted by Gasteiger charge is -2.38. The smallest absolute Gasteiger partial charge is 0.331 e. The number of ether oxygens (including phenoxy) is 1. The zero-order chi connectivity index (χ0) is 18.3. The molecule has 0 spiro atoms. The molecule has 2 rings (SSSR count). The summed E-state index contributed by atoms with van der Waals surface area (Å²) in [5, 5.41) is 9.51. The van der Waals surface area contributed by atoms with Crippen LogP contribution in [-0.2, 0) is 14.3 Å². The van der Waals surface area contributed by atoms with Crippen molar-refractivity contribution in [3.63, 3.8) is 0 Å². The van der Waals surface area contributed by atoms with Gasteiger partial charge >= 0.3 is 5.97 Å². The van der Waals surface area contributed by atoms with Gasteiger partial charge in [0.15, 0.2) is 6.61 Å². The van der Waals surface area contributed by atoms with Crippen molar-refractivity contribution in [2.45, 2.75) is 44.6 Å². The van der Waals surface area contributed by atoms with Gasteiger partial charge in [-0.15, -0.1) is 0 Å². The molecule has 0 aromatic heterocycles. The number of benzene rings is 1. The highest BCUT2D eigenvalue weighted by Gasteiger charge is 2.38. The Bertz CT molecular complexity index is 697. The molecule has 0 radical (unpaired) electrons. The number of carbonyl (C=O) groups is 2. The third-order valence-electron chi connectivity index (χ3n) is 4.83. The van der Waals surface area contributed by atoms with Crippen LogP contribution >= 0.6 is 0 Å². The number of hydrogen-bond acceptors (Lipinski definition) is 4. The molecule has 0 N–H and O–H groups in total. The van der Waals surface area contributed by atoms with Gasteiger partial charge in [-0.05, 0) is 37.0 Å². The first-order chi connectivity index (χ1) is 12.0. The van der Waals surface area contributed by atoms with E-state index in [4.69, 9.17) is 4.74 Å². The van der Waals surface area contributed by atoms with Crippen LogP contribution in [0.25, 0.3) is 6.08 Å². The lowest BCUT2D eigenvalue weighted by Crippen LogP contribution is -2.51. The highest BCUT2D eigenvalue weighted by molar-refractivity contribution is 5.89. The fourth-order valence-electron chi connectivity index (χ4n) is 3.11. The van der Waals surface area contributed by atoms with E-state index in [1.807, 2.05) is 31.2 Å². The SMILES string of the molecule is Cc1ccccc1/C=C/C(=O)OCC(=O)N(C)C1(C#N)CCCCC1. The second-order valence-corrected chi connectivity index (χ2v) is 6.45. The summed E-state index contributed by atoms with van der Waals surface area (Å²) in [6, 6.07) is 9.96. The average molecular weight is 340 g/mol. The Morgan fingerprint density at radius 1 is 1.28 bits per heavy atom. The summed E-state index contributed by atoms with van der Waals surface area (Å²) in [6.07, 6.45) is 7.29. The van der Waals surface area contributed by atoms with Gasteiger partial charge in [0, 0.05) is 13.1 Å². The Balaban J connectivity index is 1.89. The first-order valence-electron chi connectivity index (χ1n) is 8.57. The lowest BCUT2D eigenvalue weighted by atomic mass is 9.81. The van der Waals surface area contributed by atoms with Crippen molar-refractivity contribution in [2.24, 2.45) is 0 Å². The standard InChI is InChI=1S/C20H24N2O3/c1-16-8-4-5-9-17(16)10-11-19(24)25-14-18(23)22(2)20(15-21)12-6-3-7-13-20/h4-5,8-11H,3,6-7,12-14H2,1-2H3/b11-10+. The van der Waals surface area contributed by atoms with Crippen LogP contribution in [0.2, 0.25) is 0 Å². The van der Waals surface area contributed by atoms with Crippen molar-refractivity contribution in [2.75, 3.05) is 13.7 Å². The number of carbonyl (C=O) groups excluding carboxylic acids is 2. The van der Waals surface area contributed by atoms with E-state index in [2.05, 4.69) is 6.07 Å². The number of hydrogen-bond donors (Lipinski definition) is 0. The molecule has 0 saturated heterocycles. The predicted octanol–water partition coefficient (Wildman–Crippen LogP) is 3.24. The number of aryl methyl sites for hydroxylation is 1. The Kier molecular flexibility index (Phi) is 6.35. The Hall–Kier alpha value is -2.61. The zero-order valence-corrected chi connectivity index (χ0v) is 14.8. The van der Waals surface area contributed by atoms with E-state index in [1.165, 1.54) is 11.0 Å². The normalized spacial score (nSPS) is 16.2. The molecule has 0 heterocycles. The van der Waals surface area contributed by atoms with Gasteiger partial charge < -0.3 is 9.64 Å². The van der Waals surface area contributed by atoms with Gasteiger partial charge in [-0.3, -0.25) is 4.79 Å². The van der Waals surface area contributed by atoms with Crippen molar-refractivity contribution < 1.29 is 14.3 Å². The van der Waals surface area contributed by atoms with Gasteiger partial charge in [-0.2, -0.15) is 5.26 Å². The van der Waals surface area contributed by atoms with E-state index in [1.54, 1.807) is 13.1 Å². The molecule has 0 aliphatic heterocycles. The molecular weight excluding hydrogens is 316 g/mol. The van der Waals surface area contributed by atoms with Crippen LogP contribution in [0.4, 0.5) is 0 Å². The number of nitrogens with zero attached hydrogens (tertiary/aromatic N) is 2. The van der Waals surface area contributed by atoms with Crippen molar-refractivity contribution in [1.82, 2.24) is 4.90 Å². The summed E-state index contributed by atoms with van der Waals surface area (Å²) in [6.45, 7) is 1.60. The molecule has 1 saturated carbocycles. The van der Waals surface area contributed by atoms with Gasteiger partial charge in [-0.1, -0.05) is 43.5 Å². The fourth-order valence-corrected chi connectivity index (χ4v) is 3.11. The Morgan fingerprint density at radius 3 is 2.60 bits per heavy atom. The van der Waals surface area contributed by atoms with Crippen molar-refractivity contribution in [3.05, 3.63) is 41.5 Å². The minimum Gasteiger partial charge on any atom is -0.452 e. The van der Waals surface area contributed by atoms with Crippen LogP contribution in [0.1, 0.15) is 43.2 Å². The average Bonchev–Trinajstić information content (AvgIpc) is 2.65. The largest absolute Gasteiger partial charge is 0.452 e. The van der Waals surface area contributed by atoms with Crippen LogP contribution in [0, 0.1) is 18.3 Å². The van der Waals surface area contributed by atoms with E-state index in [0.717, 1.165) is 30.4 Å². The van der Waals surface area contributed by atoms with Crippen molar-refractivity contribution in [3.8, 4) is 6.07 Å². The summed E-state index contributed by atoms with van der Waals surface area (Å²) in [5.74, 6) is -0.916. The van der Waals surface area contributed by atoms with Gasteiger partial charge in [0.05, 0.1) is 6.07 Å². The number of amides is 1. The van der Waals surface area contributed by atoms with E-state index in [0.29, 0.717) is 12.8 Å². The highest BCUT2D eigenvalue weighted by atomic mass is 16.5. The van der Waals surface area contributed by atoms with Gasteiger partial charge in [-0.25, -0.2) is 4.79 Å². The van der Waals surface area contributed by atoms with Crippen LogP contribution in [0.5, 0.6) is 0 Å². The molecule has 1 fully saturated rings. The maximum absolute atomic E-state index is 12.3. The quantitative estimate of drug-likeness (QED) is 0.609. The summed E-state index contributed by atoms with van der Waals surface area (Å²) in [4.78, 5) is 25.6. The molecule has 1 amide bonds. The molecule has 1 aliphatic carbocycles. The molecule has 5 nitrogen and oxygen atoms in total. The molecule has 132 valence electrons. The molecule has 0 bridgehead atoms. The van der Waals surface area contributed by atoms with Gasteiger partial charge in [0.25, 0.3) is 5.91 Å². The third kappa shape index (κ3) is 4.69. The Morgan fingerprint density at radius 2 is 1.96 bits per heavy atom. The van der Waals surface area contributed by atoms with Crippen LogP contribution in [0.15, 0.2) is 30.3 Å². The predicted molar refractivity (Wildman–Crippen MR) is 95.4 cm³/mol. The van der Waals surface area contributed by atoms with Gasteiger partial charge in [0.1, 0.15) is 5.54 Å². The summed E-state index contributed by atoms with van der Waals surface area (Å²) in [5.41, 5.74) is 1.21. The molecule has 1 aromatic rings. The second kappa shape index (κ2) is 8.48. The molecular formula is C20H24N2O3. The summed E-state index contributed by atoms with van der Waals surface area (Å²) < 4.78 is 5.04. The Labute approximate surface area is 148 Å². The van der Waals surface area contributed by atoms with E-state index in [9.17, 15) is 14.9 Å². The summed E-state index contributed by atoms with van der Waals surface area (Å²) >= 11 is 0. The van der Waals surface area contributed by atoms with Crippen molar-refractivity contribution >= 4 is 18.0 Å². The monoisotopic (exact) mass is 340 g/mol. The van der Waals surface area contributed by atoms with Crippen LogP contribution in [0.3, 0.4) is 0 Å². The number of rotatable bonds is 5. The maximum Gasteiger partial charge on any atom is 0.331 e. The zero-order valence-electron chi connectivity index (χ0n) is 14.8. The van der Waals surface area contributed by atoms with Gasteiger partial charge in [0.2, 0.25) is 0 Å². The maximum atomic E-state index is 12.3. The van der Waals surface area contributed by atoms with Crippen molar-refractivity contribution in [1.29, 1.82) is 5.26 Å². The molecule has 0 atom stereocenters. The van der Waals surface area contributed by atoms with E-state index >= 15 is 0 Å². The molecule has 1 aromatic carbocycles. The number of esters is 1.